The summed E-state index contributed by atoms with van der Waals surface area (Å²) < 4.78 is 11.3. The summed E-state index contributed by atoms with van der Waals surface area (Å²) in [6.45, 7) is 7.38. The molecular formula is C13H25NO2S. The van der Waals surface area contributed by atoms with E-state index in [4.69, 9.17) is 0 Å². The monoisotopic (exact) mass is 259 g/mol. The quantitative estimate of drug-likeness (QED) is 0.807. The molecule has 0 aromatic heterocycles. The molecule has 1 heterocycles. The van der Waals surface area contributed by atoms with Crippen LogP contribution in [0.5, 0.6) is 0 Å². The number of hydrogen-bond donors (Lipinski definition) is 1. The maximum Gasteiger partial charge on any atom is 0.0585 e. The largest absolute Gasteiger partial charge is 0.393 e. The van der Waals surface area contributed by atoms with Gasteiger partial charge in [0.1, 0.15) is 0 Å². The van der Waals surface area contributed by atoms with Gasteiger partial charge in [-0.3, -0.25) is 4.21 Å². The van der Waals surface area contributed by atoms with Crippen LogP contribution < -0.4 is 0 Å². The number of nitrogens with zero attached hydrogens (tertiary/aromatic N) is 1. The number of hydrogen-bond acceptors (Lipinski definition) is 3. The molecule has 1 saturated heterocycles. The van der Waals surface area contributed by atoms with Crippen LogP contribution in [0, 0.1) is 17.8 Å². The summed E-state index contributed by atoms with van der Waals surface area (Å²) in [6, 6.07) is 0. The van der Waals surface area contributed by atoms with Crippen LogP contribution in [0.2, 0.25) is 0 Å². The number of aliphatic hydroxyl groups is 1. The van der Waals surface area contributed by atoms with Gasteiger partial charge in [0, 0.05) is 47.9 Å². The van der Waals surface area contributed by atoms with Gasteiger partial charge in [0.05, 0.1) is 6.10 Å². The summed E-state index contributed by atoms with van der Waals surface area (Å²) in [5, 5.41) is 10.2. The lowest BCUT2D eigenvalue weighted by atomic mass is 9.73. The second kappa shape index (κ2) is 5.81. The lowest BCUT2D eigenvalue weighted by molar-refractivity contribution is -0.000665. The molecule has 0 bridgehead atoms. The molecule has 17 heavy (non-hydrogen) atoms. The van der Waals surface area contributed by atoms with Crippen LogP contribution >= 0.6 is 0 Å². The zero-order valence-electron chi connectivity index (χ0n) is 11.0. The first-order valence-electron chi connectivity index (χ1n) is 6.81. The zero-order chi connectivity index (χ0) is 12.4. The van der Waals surface area contributed by atoms with Crippen molar-refractivity contribution < 1.29 is 9.32 Å². The molecule has 2 rings (SSSR count). The first-order valence-corrected chi connectivity index (χ1v) is 8.30. The van der Waals surface area contributed by atoms with Crippen molar-refractivity contribution in [2.75, 3.05) is 31.1 Å². The van der Waals surface area contributed by atoms with Gasteiger partial charge in [-0.1, -0.05) is 13.8 Å². The smallest absolute Gasteiger partial charge is 0.0585 e. The van der Waals surface area contributed by atoms with E-state index in [1.165, 1.54) is 6.42 Å². The predicted molar refractivity (Wildman–Crippen MR) is 71.4 cm³/mol. The van der Waals surface area contributed by atoms with E-state index >= 15 is 0 Å². The van der Waals surface area contributed by atoms with Crippen molar-refractivity contribution in [2.45, 2.75) is 32.8 Å². The Hall–Kier alpha value is 0.0700. The van der Waals surface area contributed by atoms with Gasteiger partial charge in [0.25, 0.3) is 0 Å². The Kier molecular flexibility index (Phi) is 4.61. The van der Waals surface area contributed by atoms with Crippen molar-refractivity contribution in [3.63, 3.8) is 0 Å². The summed E-state index contributed by atoms with van der Waals surface area (Å²) in [5.74, 6) is 3.31. The Labute approximate surface area is 107 Å². The molecule has 0 aromatic rings. The summed E-state index contributed by atoms with van der Waals surface area (Å²) >= 11 is 0. The Morgan fingerprint density at radius 2 is 1.88 bits per heavy atom. The van der Waals surface area contributed by atoms with Gasteiger partial charge in [-0.25, -0.2) is 0 Å². The predicted octanol–water partition coefficient (Wildman–Crippen LogP) is 1.09. The first-order chi connectivity index (χ1) is 8.06. The molecule has 3 nitrogen and oxygen atoms in total. The number of rotatable bonds is 2. The molecule has 1 N–H and O–H groups in total. The van der Waals surface area contributed by atoms with Crippen molar-refractivity contribution in [1.82, 2.24) is 4.90 Å². The van der Waals surface area contributed by atoms with E-state index in [2.05, 4.69) is 18.7 Å². The van der Waals surface area contributed by atoms with Gasteiger partial charge in [0.2, 0.25) is 0 Å². The van der Waals surface area contributed by atoms with Gasteiger partial charge in [0.15, 0.2) is 0 Å². The van der Waals surface area contributed by atoms with Crippen LogP contribution in [0.15, 0.2) is 0 Å². The normalized spacial score (nSPS) is 41.6. The molecule has 2 aliphatic rings. The minimum atomic E-state index is -0.595. The molecule has 0 spiro atoms. The Morgan fingerprint density at radius 1 is 1.24 bits per heavy atom. The molecule has 0 amide bonds. The van der Waals surface area contributed by atoms with E-state index in [-0.39, 0.29) is 6.10 Å². The van der Waals surface area contributed by atoms with Crippen LogP contribution in [0.3, 0.4) is 0 Å². The summed E-state index contributed by atoms with van der Waals surface area (Å²) in [7, 11) is -0.595. The minimum Gasteiger partial charge on any atom is -0.393 e. The van der Waals surface area contributed by atoms with Crippen molar-refractivity contribution in [1.29, 1.82) is 0 Å². The fourth-order valence-corrected chi connectivity index (χ4v) is 4.46. The van der Waals surface area contributed by atoms with E-state index in [9.17, 15) is 9.32 Å². The highest BCUT2D eigenvalue weighted by atomic mass is 32.2. The third-order valence-electron chi connectivity index (χ3n) is 4.38. The first kappa shape index (κ1) is 13.5. The third-order valence-corrected chi connectivity index (χ3v) is 5.66. The molecule has 4 heteroatoms. The van der Waals surface area contributed by atoms with Gasteiger partial charge in [-0.15, -0.1) is 0 Å². The fourth-order valence-electron chi connectivity index (χ4n) is 3.33. The Balaban J connectivity index is 1.87. The average molecular weight is 259 g/mol. The molecule has 2 fully saturated rings. The second-order valence-corrected chi connectivity index (χ2v) is 7.63. The highest BCUT2D eigenvalue weighted by molar-refractivity contribution is 7.85. The molecule has 1 aliphatic heterocycles. The topological polar surface area (TPSA) is 40.5 Å². The molecule has 0 aromatic carbocycles. The minimum absolute atomic E-state index is 0.138. The van der Waals surface area contributed by atoms with Gasteiger partial charge in [-0.05, 0) is 24.7 Å². The van der Waals surface area contributed by atoms with Crippen LogP contribution in [0.25, 0.3) is 0 Å². The molecular weight excluding hydrogens is 234 g/mol. The van der Waals surface area contributed by atoms with Crippen LogP contribution in [-0.2, 0) is 10.8 Å². The third kappa shape index (κ3) is 3.52. The average Bonchev–Trinajstić information content (AvgIpc) is 2.26. The van der Waals surface area contributed by atoms with E-state index in [1.54, 1.807) is 0 Å². The van der Waals surface area contributed by atoms with Gasteiger partial charge < -0.3 is 10.0 Å². The summed E-state index contributed by atoms with van der Waals surface area (Å²) in [6.07, 6.45) is 2.05. The summed E-state index contributed by atoms with van der Waals surface area (Å²) in [5.41, 5.74) is 0. The molecule has 4 atom stereocenters. The Morgan fingerprint density at radius 3 is 2.47 bits per heavy atom. The fraction of sp³-hybridized carbons (Fsp3) is 1.00. The second-order valence-electron chi connectivity index (χ2n) is 5.93. The van der Waals surface area contributed by atoms with Gasteiger partial charge >= 0.3 is 0 Å². The zero-order valence-corrected chi connectivity index (χ0v) is 11.8. The maximum atomic E-state index is 11.3. The van der Waals surface area contributed by atoms with Crippen LogP contribution in [0.4, 0.5) is 0 Å². The lowest BCUT2D eigenvalue weighted by Gasteiger charge is -2.40. The van der Waals surface area contributed by atoms with E-state index in [0.29, 0.717) is 17.8 Å². The van der Waals surface area contributed by atoms with Crippen molar-refractivity contribution in [3.8, 4) is 0 Å². The lowest BCUT2D eigenvalue weighted by Crippen LogP contribution is -2.46. The number of aliphatic hydroxyl groups excluding tert-OH is 1. The van der Waals surface area contributed by atoms with Gasteiger partial charge in [-0.2, -0.15) is 0 Å². The maximum absolute atomic E-state index is 11.3. The van der Waals surface area contributed by atoms with Crippen molar-refractivity contribution >= 4 is 10.8 Å². The molecule has 1 saturated carbocycles. The van der Waals surface area contributed by atoms with E-state index in [0.717, 1.165) is 37.6 Å². The van der Waals surface area contributed by atoms with Crippen molar-refractivity contribution in [2.24, 2.45) is 17.8 Å². The SMILES string of the molecule is CC1CC(C)C(CN2CCS(=O)CC2)C(O)C1. The highest BCUT2D eigenvalue weighted by Crippen LogP contribution is 2.34. The van der Waals surface area contributed by atoms with E-state index < -0.39 is 10.8 Å². The van der Waals surface area contributed by atoms with Crippen LogP contribution in [-0.4, -0.2) is 51.5 Å². The molecule has 0 radical (unpaired) electrons. The van der Waals surface area contributed by atoms with Crippen molar-refractivity contribution in [3.05, 3.63) is 0 Å². The standard InChI is InChI=1S/C13H25NO2S/c1-10-7-11(2)12(13(15)8-10)9-14-3-5-17(16)6-4-14/h10-13,15H,3-9H2,1-2H3. The highest BCUT2D eigenvalue weighted by Gasteiger charge is 2.34. The molecule has 1 aliphatic carbocycles. The van der Waals surface area contributed by atoms with Crippen LogP contribution in [0.1, 0.15) is 26.7 Å². The Bertz CT molecular complexity index is 263. The molecule has 100 valence electrons. The molecule has 4 unspecified atom stereocenters. The van der Waals surface area contributed by atoms with E-state index in [1.807, 2.05) is 0 Å². The summed E-state index contributed by atoms with van der Waals surface area (Å²) in [4.78, 5) is 2.39.